The average molecular weight is 1240 g/mol. The van der Waals surface area contributed by atoms with Gasteiger partial charge in [-0.3, -0.25) is 9.59 Å². The van der Waals surface area contributed by atoms with Crippen molar-refractivity contribution in [2.75, 3.05) is 13.2 Å². The van der Waals surface area contributed by atoms with Gasteiger partial charge in [-0.05, 0) is 89.9 Å². The Balaban J connectivity index is 3.38. The molecule has 2 unspecified atom stereocenters. The highest BCUT2D eigenvalue weighted by atomic mass is 16.5. The van der Waals surface area contributed by atoms with Gasteiger partial charge in [0.05, 0.1) is 25.4 Å². The number of ether oxygens (including phenoxy) is 1. The molecule has 6 heteroatoms. The van der Waals surface area contributed by atoms with Crippen LogP contribution in [0.15, 0.2) is 48.6 Å². The molecule has 0 aliphatic carbocycles. The first-order valence-electron chi connectivity index (χ1n) is 39.9. The monoisotopic (exact) mass is 1230 g/mol. The summed E-state index contributed by atoms with van der Waals surface area (Å²) in [4.78, 5) is 24.7. The predicted molar refractivity (Wildman–Crippen MR) is 389 cm³/mol. The first-order valence-corrected chi connectivity index (χ1v) is 39.9. The number of carbonyl (C=O) groups is 2. The average Bonchev–Trinajstić information content (AvgIpc) is 3.58. The second kappa shape index (κ2) is 77.3. The summed E-state index contributed by atoms with van der Waals surface area (Å²) in [5.74, 6) is -0.0486. The van der Waals surface area contributed by atoms with E-state index in [0.717, 1.165) is 51.4 Å². The molecule has 0 aromatic carbocycles. The molecule has 88 heavy (non-hydrogen) atoms. The van der Waals surface area contributed by atoms with E-state index >= 15 is 0 Å². The van der Waals surface area contributed by atoms with Gasteiger partial charge in [-0.25, -0.2) is 0 Å². The summed E-state index contributed by atoms with van der Waals surface area (Å²) in [6, 6.07) is -0.629. The van der Waals surface area contributed by atoms with E-state index in [2.05, 4.69) is 55.6 Å². The minimum Gasteiger partial charge on any atom is -0.466 e. The molecule has 0 aromatic heterocycles. The second-order valence-electron chi connectivity index (χ2n) is 27.4. The number of esters is 1. The lowest BCUT2D eigenvalue weighted by atomic mass is 10.0. The largest absolute Gasteiger partial charge is 0.466 e. The van der Waals surface area contributed by atoms with E-state index in [1.807, 2.05) is 6.08 Å². The van der Waals surface area contributed by atoms with Crippen LogP contribution in [0.25, 0.3) is 0 Å². The standard InChI is InChI=1S/C82H155NO5/c1-3-5-7-9-11-13-15-17-19-21-23-24-35-39-42-46-50-54-58-62-66-70-74-80(85)79(78-84)83-81(86)75-71-67-63-59-55-51-47-43-40-36-33-31-29-27-25-26-28-30-32-34-37-41-45-49-53-57-61-65-69-73-77-88-82(87)76-72-68-64-60-56-52-48-44-38-22-20-18-16-14-12-10-8-6-4-2/h12,14,18,20,26,28,70,74,79-80,84-85H,3-11,13,15-17,19,21-25,27,29-69,71-73,75-78H2,1-2H3,(H,83,86)/b14-12-,20-18-,28-26-,74-70+. The molecule has 0 rings (SSSR count). The SMILES string of the molecule is CCCCC/C=C\C/C=C\CCCCCCCCCCCC(=O)OCCCCCCCCCCCCCC/C=C\CCCCCCCCCCCCCCCCC(=O)NC(CO)C(O)/C=C/CCCCCCCCCCCCCCCCCCCCCC. The number of hydrogen-bond acceptors (Lipinski definition) is 5. The highest BCUT2D eigenvalue weighted by Crippen LogP contribution is 2.19. The highest BCUT2D eigenvalue weighted by Gasteiger charge is 2.18. The molecule has 0 bridgehead atoms. The van der Waals surface area contributed by atoms with Gasteiger partial charge in [-0.2, -0.15) is 0 Å². The van der Waals surface area contributed by atoms with Crippen molar-refractivity contribution in [3.63, 3.8) is 0 Å². The van der Waals surface area contributed by atoms with Crippen molar-refractivity contribution in [2.24, 2.45) is 0 Å². The molecule has 0 heterocycles. The Bertz CT molecular complexity index is 1470. The van der Waals surface area contributed by atoms with Crippen molar-refractivity contribution < 1.29 is 24.5 Å². The first kappa shape index (κ1) is 85.8. The Labute approximate surface area is 550 Å². The number of carbonyl (C=O) groups excluding carboxylic acids is 2. The molecule has 0 aliphatic rings. The van der Waals surface area contributed by atoms with Gasteiger partial charge in [0.1, 0.15) is 0 Å². The van der Waals surface area contributed by atoms with Gasteiger partial charge in [0.15, 0.2) is 0 Å². The van der Waals surface area contributed by atoms with Crippen molar-refractivity contribution in [1.82, 2.24) is 5.32 Å². The topological polar surface area (TPSA) is 95.9 Å². The van der Waals surface area contributed by atoms with E-state index in [9.17, 15) is 19.8 Å². The zero-order chi connectivity index (χ0) is 63.5. The number of aliphatic hydroxyl groups is 2. The van der Waals surface area contributed by atoms with Crippen LogP contribution >= 0.6 is 0 Å². The number of amides is 1. The summed E-state index contributed by atoms with van der Waals surface area (Å²) < 4.78 is 5.51. The van der Waals surface area contributed by atoms with Crippen LogP contribution in [0.2, 0.25) is 0 Å². The Morgan fingerprint density at radius 3 is 0.898 bits per heavy atom. The number of unbranched alkanes of at least 4 members (excludes halogenated alkanes) is 58. The fraction of sp³-hybridized carbons (Fsp3) is 0.878. The number of aliphatic hydroxyl groups excluding tert-OH is 2. The zero-order valence-electron chi connectivity index (χ0n) is 59.5. The maximum Gasteiger partial charge on any atom is 0.305 e. The normalized spacial score (nSPS) is 12.7. The molecule has 0 spiro atoms. The van der Waals surface area contributed by atoms with Crippen molar-refractivity contribution in [3.05, 3.63) is 48.6 Å². The van der Waals surface area contributed by atoms with E-state index in [1.165, 1.54) is 360 Å². The Kier molecular flexibility index (Phi) is 75.4. The molecule has 1 amide bonds. The Hall–Kier alpha value is -2.18. The van der Waals surface area contributed by atoms with E-state index in [4.69, 9.17) is 4.74 Å². The van der Waals surface area contributed by atoms with Crippen LogP contribution in [0, 0.1) is 0 Å². The third-order valence-electron chi connectivity index (χ3n) is 18.6. The molecule has 0 saturated heterocycles. The summed E-state index contributed by atoms with van der Waals surface area (Å²) in [6.45, 7) is 4.92. The van der Waals surface area contributed by atoms with E-state index in [1.54, 1.807) is 6.08 Å². The lowest BCUT2D eigenvalue weighted by molar-refractivity contribution is -0.143. The van der Waals surface area contributed by atoms with Crippen LogP contribution in [-0.2, 0) is 14.3 Å². The summed E-state index contributed by atoms with van der Waals surface area (Å²) in [5, 5.41) is 23.3. The highest BCUT2D eigenvalue weighted by molar-refractivity contribution is 5.76. The van der Waals surface area contributed by atoms with Gasteiger partial charge in [0.2, 0.25) is 5.91 Å². The van der Waals surface area contributed by atoms with Gasteiger partial charge in [-0.1, -0.05) is 383 Å². The summed E-state index contributed by atoms with van der Waals surface area (Å²) >= 11 is 0. The van der Waals surface area contributed by atoms with E-state index in [-0.39, 0.29) is 18.5 Å². The summed E-state index contributed by atoms with van der Waals surface area (Å²) in [7, 11) is 0. The van der Waals surface area contributed by atoms with Crippen molar-refractivity contribution in [3.8, 4) is 0 Å². The molecule has 0 radical (unpaired) electrons. The maximum absolute atomic E-state index is 12.5. The van der Waals surface area contributed by atoms with Crippen LogP contribution in [0.4, 0.5) is 0 Å². The number of nitrogens with one attached hydrogen (secondary N) is 1. The van der Waals surface area contributed by atoms with Gasteiger partial charge in [0, 0.05) is 12.8 Å². The minimum atomic E-state index is -0.845. The second-order valence-corrected chi connectivity index (χ2v) is 27.4. The Morgan fingerprint density at radius 1 is 0.318 bits per heavy atom. The fourth-order valence-electron chi connectivity index (χ4n) is 12.5. The Morgan fingerprint density at radius 2 is 0.568 bits per heavy atom. The molecule has 2 atom stereocenters. The van der Waals surface area contributed by atoms with Gasteiger partial charge in [-0.15, -0.1) is 0 Å². The van der Waals surface area contributed by atoms with Crippen LogP contribution in [-0.4, -0.2) is 47.4 Å². The maximum atomic E-state index is 12.5. The van der Waals surface area contributed by atoms with Gasteiger partial charge >= 0.3 is 5.97 Å². The number of allylic oxidation sites excluding steroid dienone is 7. The van der Waals surface area contributed by atoms with Crippen molar-refractivity contribution in [2.45, 2.75) is 450 Å². The smallest absolute Gasteiger partial charge is 0.305 e. The zero-order valence-corrected chi connectivity index (χ0v) is 59.5. The molecule has 6 nitrogen and oxygen atoms in total. The summed E-state index contributed by atoms with van der Waals surface area (Å²) in [6.07, 6.45) is 102. The molecule has 0 aromatic rings. The molecular weight excluding hydrogens is 1080 g/mol. The van der Waals surface area contributed by atoms with Crippen LogP contribution in [0.3, 0.4) is 0 Å². The third kappa shape index (κ3) is 72.9. The van der Waals surface area contributed by atoms with Crippen LogP contribution in [0.1, 0.15) is 438 Å². The van der Waals surface area contributed by atoms with Gasteiger partial charge in [0.25, 0.3) is 0 Å². The summed E-state index contributed by atoms with van der Waals surface area (Å²) in [5.41, 5.74) is 0. The fourth-order valence-corrected chi connectivity index (χ4v) is 12.5. The van der Waals surface area contributed by atoms with Crippen LogP contribution in [0.5, 0.6) is 0 Å². The third-order valence-corrected chi connectivity index (χ3v) is 18.6. The molecular formula is C82H155NO5. The minimum absolute atomic E-state index is 0.0136. The molecule has 518 valence electrons. The van der Waals surface area contributed by atoms with E-state index < -0.39 is 12.1 Å². The first-order chi connectivity index (χ1) is 43.5. The quantitative estimate of drug-likeness (QED) is 0.0320. The predicted octanol–water partition coefficient (Wildman–Crippen LogP) is 26.4. The molecule has 3 N–H and O–H groups in total. The lowest BCUT2D eigenvalue weighted by Crippen LogP contribution is -2.45. The molecule has 0 aliphatic heterocycles. The van der Waals surface area contributed by atoms with Crippen LogP contribution < -0.4 is 5.32 Å². The van der Waals surface area contributed by atoms with Gasteiger partial charge < -0.3 is 20.3 Å². The van der Waals surface area contributed by atoms with Crippen molar-refractivity contribution in [1.29, 1.82) is 0 Å². The molecule has 0 fully saturated rings. The molecule has 0 saturated carbocycles. The van der Waals surface area contributed by atoms with E-state index in [0.29, 0.717) is 19.4 Å². The number of rotatable bonds is 75. The lowest BCUT2D eigenvalue weighted by Gasteiger charge is -2.20. The number of hydrogen-bond donors (Lipinski definition) is 3. The van der Waals surface area contributed by atoms with Crippen molar-refractivity contribution >= 4 is 11.9 Å².